The van der Waals surface area contributed by atoms with Gasteiger partial charge in [-0.25, -0.2) is 0 Å². The minimum Gasteiger partial charge on any atom is -0.385 e. The van der Waals surface area contributed by atoms with Gasteiger partial charge in [-0.05, 0) is 61.5 Å². The van der Waals surface area contributed by atoms with Gasteiger partial charge in [-0.3, -0.25) is 9.79 Å². The van der Waals surface area contributed by atoms with Gasteiger partial charge in [0.05, 0.1) is 6.54 Å². The predicted molar refractivity (Wildman–Crippen MR) is 129 cm³/mol. The van der Waals surface area contributed by atoms with Crippen LogP contribution in [-0.2, 0) is 6.54 Å². The highest BCUT2D eigenvalue weighted by Crippen LogP contribution is 2.11. The SMILES string of the molecule is C=CC=C.C=NCc1ccc(Cl)cc1.CCC(C)CNc1ccc(C(C)=O)cc1. The third kappa shape index (κ3) is 13.2. The summed E-state index contributed by atoms with van der Waals surface area (Å²) >= 11 is 5.67. The molecule has 29 heavy (non-hydrogen) atoms. The third-order valence-electron chi connectivity index (χ3n) is 4.02. The normalized spacial score (nSPS) is 10.2. The zero-order chi connectivity index (χ0) is 22.1. The van der Waals surface area contributed by atoms with Crippen molar-refractivity contribution in [3.05, 3.63) is 90.0 Å². The standard InChI is InChI=1S/C13H19NO.C8H8ClN.C4H6/c1-4-10(2)9-14-13-7-5-12(6-8-13)11(3)15;1-10-6-7-2-4-8(9)5-3-7;1-3-4-2/h5-8,10,14H,4,9H2,1-3H3;2-5H,1,6H2;3-4H,1-2H2. The number of nitrogens with zero attached hydrogens (tertiary/aromatic N) is 1. The van der Waals surface area contributed by atoms with Crippen molar-refractivity contribution in [3.63, 3.8) is 0 Å². The molecular weight excluding hydrogens is 380 g/mol. The first-order chi connectivity index (χ1) is 13.9. The number of Topliss-reactive ketones (excluding diaryl/α,β-unsaturated/α-hetero) is 1. The molecule has 0 saturated carbocycles. The fourth-order valence-corrected chi connectivity index (χ4v) is 2.10. The summed E-state index contributed by atoms with van der Waals surface area (Å²) in [5.74, 6) is 0.793. The van der Waals surface area contributed by atoms with Gasteiger partial charge in [-0.1, -0.05) is 69.3 Å². The van der Waals surface area contributed by atoms with Crippen LogP contribution in [0.1, 0.15) is 43.1 Å². The van der Waals surface area contributed by atoms with Gasteiger partial charge in [0.1, 0.15) is 0 Å². The van der Waals surface area contributed by atoms with E-state index < -0.39 is 0 Å². The summed E-state index contributed by atoms with van der Waals surface area (Å²) in [6.45, 7) is 17.8. The zero-order valence-electron chi connectivity index (χ0n) is 17.8. The molecule has 0 heterocycles. The Kier molecular flexibility index (Phi) is 14.8. The van der Waals surface area contributed by atoms with Crippen molar-refractivity contribution < 1.29 is 4.79 Å². The van der Waals surface area contributed by atoms with Crippen LogP contribution in [0.2, 0.25) is 5.02 Å². The maximum atomic E-state index is 11.0. The molecule has 2 aromatic rings. The summed E-state index contributed by atoms with van der Waals surface area (Å²) in [4.78, 5) is 14.8. The lowest BCUT2D eigenvalue weighted by atomic mass is 10.1. The van der Waals surface area contributed by atoms with Crippen LogP contribution in [-0.4, -0.2) is 19.0 Å². The molecule has 3 nitrogen and oxygen atoms in total. The fourth-order valence-electron chi connectivity index (χ4n) is 1.98. The number of rotatable bonds is 8. The van der Waals surface area contributed by atoms with E-state index in [9.17, 15) is 4.79 Å². The van der Waals surface area contributed by atoms with E-state index in [0.29, 0.717) is 12.5 Å². The van der Waals surface area contributed by atoms with Crippen LogP contribution in [0, 0.1) is 5.92 Å². The number of allylic oxidation sites excluding steroid dienone is 2. The molecule has 0 aliphatic carbocycles. The monoisotopic (exact) mass is 412 g/mol. The largest absolute Gasteiger partial charge is 0.385 e. The number of hydrogen-bond donors (Lipinski definition) is 1. The Bertz CT molecular complexity index is 730. The number of halogens is 1. The molecule has 1 atom stereocenters. The van der Waals surface area contributed by atoms with Gasteiger partial charge < -0.3 is 5.32 Å². The topological polar surface area (TPSA) is 41.5 Å². The Labute approximate surface area is 181 Å². The summed E-state index contributed by atoms with van der Waals surface area (Å²) in [5, 5.41) is 4.11. The van der Waals surface area contributed by atoms with E-state index in [-0.39, 0.29) is 5.78 Å². The van der Waals surface area contributed by atoms with Crippen molar-refractivity contribution in [1.29, 1.82) is 0 Å². The lowest BCUT2D eigenvalue weighted by Gasteiger charge is -2.11. The van der Waals surface area contributed by atoms with Crippen LogP contribution in [0.4, 0.5) is 5.69 Å². The number of nitrogens with one attached hydrogen (secondary N) is 1. The Hall–Kier alpha value is -2.65. The van der Waals surface area contributed by atoms with Gasteiger partial charge in [-0.15, -0.1) is 0 Å². The van der Waals surface area contributed by atoms with E-state index in [1.165, 1.54) is 6.42 Å². The molecule has 0 aromatic heterocycles. The second-order valence-electron chi connectivity index (χ2n) is 6.51. The highest BCUT2D eigenvalue weighted by Gasteiger charge is 2.00. The van der Waals surface area contributed by atoms with Crippen molar-refractivity contribution in [2.24, 2.45) is 10.9 Å². The smallest absolute Gasteiger partial charge is 0.159 e. The average molecular weight is 413 g/mol. The Balaban J connectivity index is 0.000000481. The van der Waals surface area contributed by atoms with Gasteiger partial charge in [0, 0.05) is 22.8 Å². The van der Waals surface area contributed by atoms with Crippen LogP contribution in [0.25, 0.3) is 0 Å². The number of aliphatic imine (C=N–C) groups is 1. The first-order valence-corrected chi connectivity index (χ1v) is 10.0. The van der Waals surface area contributed by atoms with Gasteiger partial charge in [-0.2, -0.15) is 0 Å². The molecule has 2 aromatic carbocycles. The highest BCUT2D eigenvalue weighted by molar-refractivity contribution is 6.30. The number of anilines is 1. The van der Waals surface area contributed by atoms with Crippen molar-refractivity contribution in [1.82, 2.24) is 0 Å². The Morgan fingerprint density at radius 3 is 2.07 bits per heavy atom. The van der Waals surface area contributed by atoms with Crippen molar-refractivity contribution >= 4 is 29.8 Å². The quantitative estimate of drug-likeness (QED) is 0.282. The summed E-state index contributed by atoms with van der Waals surface area (Å²) in [6.07, 6.45) is 4.46. The number of carbonyl (C=O) groups is 1. The van der Waals surface area contributed by atoms with Gasteiger partial charge in [0.2, 0.25) is 0 Å². The molecule has 1 unspecified atom stereocenters. The second-order valence-corrected chi connectivity index (χ2v) is 6.94. The molecule has 0 spiro atoms. The Morgan fingerprint density at radius 1 is 1.10 bits per heavy atom. The molecular formula is C25H33ClN2O. The fraction of sp³-hybridized carbons (Fsp3) is 0.280. The highest BCUT2D eigenvalue weighted by atomic mass is 35.5. The van der Waals surface area contributed by atoms with E-state index >= 15 is 0 Å². The molecule has 4 heteroatoms. The molecule has 0 aliphatic rings. The molecule has 0 saturated heterocycles. The Morgan fingerprint density at radius 2 is 1.66 bits per heavy atom. The van der Waals surface area contributed by atoms with Crippen molar-refractivity contribution in [2.45, 2.75) is 33.7 Å². The van der Waals surface area contributed by atoms with Gasteiger partial charge >= 0.3 is 0 Å². The van der Waals surface area contributed by atoms with Crippen LogP contribution < -0.4 is 5.32 Å². The second kappa shape index (κ2) is 16.3. The van der Waals surface area contributed by atoms with E-state index in [1.807, 2.05) is 48.5 Å². The molecule has 0 aliphatic heterocycles. The van der Waals surface area contributed by atoms with E-state index in [4.69, 9.17) is 11.6 Å². The molecule has 0 amide bonds. The van der Waals surface area contributed by atoms with Crippen LogP contribution in [0.3, 0.4) is 0 Å². The van der Waals surface area contributed by atoms with Gasteiger partial charge in [0.15, 0.2) is 5.78 Å². The summed E-state index contributed by atoms with van der Waals surface area (Å²) < 4.78 is 0. The number of benzene rings is 2. The maximum Gasteiger partial charge on any atom is 0.159 e. The molecule has 0 bridgehead atoms. The predicted octanol–water partition coefficient (Wildman–Crippen LogP) is 7.25. The van der Waals surface area contributed by atoms with E-state index in [2.05, 4.69) is 44.0 Å². The van der Waals surface area contributed by atoms with Crippen LogP contribution >= 0.6 is 11.6 Å². The summed E-state index contributed by atoms with van der Waals surface area (Å²) in [7, 11) is 0. The summed E-state index contributed by atoms with van der Waals surface area (Å²) in [6, 6.07) is 15.2. The van der Waals surface area contributed by atoms with Crippen molar-refractivity contribution in [2.75, 3.05) is 11.9 Å². The number of ketones is 1. The van der Waals surface area contributed by atoms with Crippen molar-refractivity contribution in [3.8, 4) is 0 Å². The first kappa shape index (κ1) is 26.4. The van der Waals surface area contributed by atoms with Crippen LogP contribution in [0.15, 0.2) is 78.8 Å². The molecule has 156 valence electrons. The average Bonchev–Trinajstić information content (AvgIpc) is 2.74. The third-order valence-corrected chi connectivity index (χ3v) is 4.27. The number of hydrogen-bond acceptors (Lipinski definition) is 3. The van der Waals surface area contributed by atoms with E-state index in [0.717, 1.165) is 28.4 Å². The molecule has 2 rings (SSSR count). The van der Waals surface area contributed by atoms with Crippen LogP contribution in [0.5, 0.6) is 0 Å². The minimum absolute atomic E-state index is 0.114. The lowest BCUT2D eigenvalue weighted by molar-refractivity contribution is 0.101. The van der Waals surface area contributed by atoms with E-state index in [1.54, 1.807) is 19.1 Å². The maximum absolute atomic E-state index is 11.0. The number of carbonyl (C=O) groups excluding carboxylic acids is 1. The minimum atomic E-state index is 0.114. The molecule has 0 radical (unpaired) electrons. The summed E-state index contributed by atoms with van der Waals surface area (Å²) in [5.41, 5.74) is 2.99. The van der Waals surface area contributed by atoms with Gasteiger partial charge in [0.25, 0.3) is 0 Å². The lowest BCUT2D eigenvalue weighted by Crippen LogP contribution is -2.10. The molecule has 1 N–H and O–H groups in total. The zero-order valence-corrected chi connectivity index (χ0v) is 18.6. The molecule has 0 fully saturated rings. The first-order valence-electron chi connectivity index (χ1n) is 9.63.